The van der Waals surface area contributed by atoms with E-state index in [4.69, 9.17) is 11.5 Å². The number of carbonyl (C=O) groups excluding carboxylic acids is 3. The minimum absolute atomic E-state index is 0.375. The third-order valence-electron chi connectivity index (χ3n) is 2.22. The van der Waals surface area contributed by atoms with Crippen LogP contribution in [0.2, 0.25) is 0 Å². The van der Waals surface area contributed by atoms with Crippen molar-refractivity contribution in [2.24, 2.45) is 5.92 Å². The van der Waals surface area contributed by atoms with E-state index in [2.05, 4.69) is 0 Å². The van der Waals surface area contributed by atoms with Crippen LogP contribution in [0.1, 0.15) is 20.8 Å². The average Bonchev–Trinajstić information content (AvgIpc) is 2.21. The molecule has 5 nitrogen and oxygen atoms in total. The lowest BCUT2D eigenvalue weighted by Crippen LogP contribution is -2.26. The van der Waals surface area contributed by atoms with E-state index < -0.39 is 5.92 Å². The molecule has 0 bridgehead atoms. The van der Waals surface area contributed by atoms with Gasteiger partial charge in [0.2, 0.25) is 0 Å². The van der Waals surface area contributed by atoms with Crippen molar-refractivity contribution in [3.63, 3.8) is 0 Å². The van der Waals surface area contributed by atoms with E-state index in [0.717, 1.165) is 0 Å². The summed E-state index contributed by atoms with van der Waals surface area (Å²) < 4.78 is 0. The fourth-order valence-electron chi connectivity index (χ4n) is 1.37. The molecule has 98 valence electrons. The van der Waals surface area contributed by atoms with Gasteiger partial charge in [-0.05, 0) is 32.9 Å². The molecule has 0 amide bonds. The first-order valence-corrected chi connectivity index (χ1v) is 5.38. The zero-order valence-corrected chi connectivity index (χ0v) is 10.8. The molecule has 4 N–H and O–H groups in total. The van der Waals surface area contributed by atoms with E-state index in [1.54, 1.807) is 12.1 Å². The van der Waals surface area contributed by atoms with Crippen LogP contribution in [-0.4, -0.2) is 17.3 Å². The summed E-state index contributed by atoms with van der Waals surface area (Å²) in [6.07, 6.45) is 0. The highest BCUT2D eigenvalue weighted by molar-refractivity contribution is 6.17. The Balaban J connectivity index is 0.000000327. The Labute approximate surface area is 106 Å². The fraction of sp³-hybridized carbons (Fsp3) is 0.308. The van der Waals surface area contributed by atoms with Gasteiger partial charge in [-0.1, -0.05) is 12.1 Å². The Morgan fingerprint density at radius 2 is 1.11 bits per heavy atom. The molecule has 0 atom stereocenters. The number of carbonyl (C=O) groups is 3. The van der Waals surface area contributed by atoms with Gasteiger partial charge in [0.1, 0.15) is 23.3 Å². The second kappa shape index (κ2) is 7.21. The molecular formula is C13H18N2O3. The van der Waals surface area contributed by atoms with E-state index >= 15 is 0 Å². The Morgan fingerprint density at radius 1 is 0.833 bits per heavy atom. The molecule has 1 aromatic carbocycles. The molecule has 0 aliphatic heterocycles. The topological polar surface area (TPSA) is 103 Å². The molecule has 5 heteroatoms. The van der Waals surface area contributed by atoms with Crippen molar-refractivity contribution < 1.29 is 14.4 Å². The highest BCUT2D eigenvalue weighted by atomic mass is 16.2. The van der Waals surface area contributed by atoms with Crippen molar-refractivity contribution in [1.82, 2.24) is 0 Å². The summed E-state index contributed by atoms with van der Waals surface area (Å²) in [5, 5.41) is 0. The van der Waals surface area contributed by atoms with E-state index in [9.17, 15) is 14.4 Å². The Bertz CT molecular complexity index is 401. The highest BCUT2D eigenvalue weighted by Gasteiger charge is 2.23. The molecule has 0 spiro atoms. The zero-order chi connectivity index (χ0) is 14.3. The number of nitrogens with two attached hydrogens (primary N) is 2. The number of para-hydroxylation sites is 2. The van der Waals surface area contributed by atoms with Crippen molar-refractivity contribution in [2.75, 3.05) is 11.5 Å². The molecule has 1 aromatic rings. The molecule has 0 saturated carbocycles. The molecular weight excluding hydrogens is 232 g/mol. The first-order valence-electron chi connectivity index (χ1n) is 5.38. The van der Waals surface area contributed by atoms with Gasteiger partial charge in [-0.2, -0.15) is 0 Å². The average molecular weight is 250 g/mol. The number of Topliss-reactive ketones (excluding diaryl/α,β-unsaturated/α-hetero) is 3. The standard InChI is InChI=1S/C7H10O3.C6H8N2/c1-4(8)7(5(2)9)6(3)10;7-5-3-1-2-4-6(5)8/h7H,1-3H3;1-4H,7-8H2. The summed E-state index contributed by atoms with van der Waals surface area (Å²) in [6.45, 7) is 3.73. The number of rotatable bonds is 3. The maximum absolute atomic E-state index is 10.6. The second-order valence-corrected chi connectivity index (χ2v) is 3.89. The van der Waals surface area contributed by atoms with Crippen LogP contribution in [0.15, 0.2) is 24.3 Å². The van der Waals surface area contributed by atoms with Gasteiger partial charge in [0.05, 0.1) is 11.4 Å². The van der Waals surface area contributed by atoms with Gasteiger partial charge in [0.15, 0.2) is 0 Å². The Kier molecular flexibility index (Phi) is 6.34. The molecule has 0 fully saturated rings. The quantitative estimate of drug-likeness (QED) is 0.620. The van der Waals surface area contributed by atoms with Crippen LogP contribution < -0.4 is 11.5 Å². The lowest BCUT2D eigenvalue weighted by atomic mass is 9.97. The summed E-state index contributed by atoms with van der Waals surface area (Å²) in [4.78, 5) is 31.8. The minimum Gasteiger partial charge on any atom is -0.397 e. The first-order chi connectivity index (χ1) is 8.27. The normalized spacial score (nSPS) is 9.33. The van der Waals surface area contributed by atoms with E-state index in [1.807, 2.05) is 12.1 Å². The van der Waals surface area contributed by atoms with Gasteiger partial charge in [0, 0.05) is 0 Å². The fourth-order valence-corrected chi connectivity index (χ4v) is 1.37. The number of hydrogen-bond acceptors (Lipinski definition) is 5. The minimum atomic E-state index is -1.03. The lowest BCUT2D eigenvalue weighted by Gasteiger charge is -2.02. The van der Waals surface area contributed by atoms with Gasteiger partial charge in [-0.25, -0.2) is 0 Å². The molecule has 0 radical (unpaired) electrons. The summed E-state index contributed by atoms with van der Waals surface area (Å²) in [5.74, 6) is -2.15. The molecule has 0 heterocycles. The Hall–Kier alpha value is -2.17. The van der Waals surface area contributed by atoms with Crippen LogP contribution in [0.4, 0.5) is 11.4 Å². The van der Waals surface area contributed by atoms with Crippen molar-refractivity contribution in [3.05, 3.63) is 24.3 Å². The molecule has 0 saturated heterocycles. The lowest BCUT2D eigenvalue weighted by molar-refractivity contribution is -0.137. The van der Waals surface area contributed by atoms with Crippen LogP contribution >= 0.6 is 0 Å². The van der Waals surface area contributed by atoms with Gasteiger partial charge >= 0.3 is 0 Å². The number of benzene rings is 1. The number of anilines is 2. The first kappa shape index (κ1) is 15.8. The van der Waals surface area contributed by atoms with Crippen molar-refractivity contribution in [2.45, 2.75) is 20.8 Å². The van der Waals surface area contributed by atoms with Gasteiger partial charge in [-0.15, -0.1) is 0 Å². The van der Waals surface area contributed by atoms with Crippen molar-refractivity contribution in [1.29, 1.82) is 0 Å². The number of ketones is 3. The van der Waals surface area contributed by atoms with Gasteiger partial charge < -0.3 is 11.5 Å². The van der Waals surface area contributed by atoms with E-state index in [-0.39, 0.29) is 17.3 Å². The summed E-state index contributed by atoms with van der Waals surface area (Å²) in [6, 6.07) is 7.25. The van der Waals surface area contributed by atoms with Crippen LogP contribution in [0.25, 0.3) is 0 Å². The largest absolute Gasteiger partial charge is 0.397 e. The zero-order valence-electron chi connectivity index (χ0n) is 10.8. The second-order valence-electron chi connectivity index (χ2n) is 3.89. The third-order valence-corrected chi connectivity index (χ3v) is 2.22. The predicted octanol–water partition coefficient (Wildman–Crippen LogP) is 1.22. The summed E-state index contributed by atoms with van der Waals surface area (Å²) in [5.41, 5.74) is 12.1. The van der Waals surface area contributed by atoms with Crippen LogP contribution in [0, 0.1) is 5.92 Å². The van der Waals surface area contributed by atoms with Crippen LogP contribution in [-0.2, 0) is 14.4 Å². The number of nitrogen functional groups attached to an aromatic ring is 2. The molecule has 18 heavy (non-hydrogen) atoms. The molecule has 1 rings (SSSR count). The number of hydrogen-bond donors (Lipinski definition) is 2. The Morgan fingerprint density at radius 3 is 1.22 bits per heavy atom. The van der Waals surface area contributed by atoms with Gasteiger partial charge in [0.25, 0.3) is 0 Å². The third kappa shape index (κ3) is 5.25. The maximum atomic E-state index is 10.6. The van der Waals surface area contributed by atoms with Crippen LogP contribution in [0.5, 0.6) is 0 Å². The maximum Gasteiger partial charge on any atom is 0.147 e. The van der Waals surface area contributed by atoms with E-state index in [1.165, 1.54) is 20.8 Å². The van der Waals surface area contributed by atoms with Crippen LogP contribution in [0.3, 0.4) is 0 Å². The SMILES string of the molecule is CC(=O)C(C(C)=O)C(C)=O.Nc1ccccc1N. The monoisotopic (exact) mass is 250 g/mol. The summed E-state index contributed by atoms with van der Waals surface area (Å²) >= 11 is 0. The van der Waals surface area contributed by atoms with Crippen molar-refractivity contribution >= 4 is 28.7 Å². The molecule has 0 aliphatic carbocycles. The van der Waals surface area contributed by atoms with Crippen molar-refractivity contribution in [3.8, 4) is 0 Å². The predicted molar refractivity (Wildman–Crippen MR) is 70.8 cm³/mol. The molecule has 0 aromatic heterocycles. The highest BCUT2D eigenvalue weighted by Crippen LogP contribution is 2.10. The summed E-state index contributed by atoms with van der Waals surface area (Å²) in [7, 11) is 0. The molecule has 0 aliphatic rings. The molecule has 0 unspecified atom stereocenters. The smallest absolute Gasteiger partial charge is 0.147 e. The van der Waals surface area contributed by atoms with E-state index in [0.29, 0.717) is 11.4 Å². The van der Waals surface area contributed by atoms with Gasteiger partial charge in [-0.3, -0.25) is 14.4 Å².